The number of carbonyl (C=O) groups excluding carboxylic acids is 4. The lowest BCUT2D eigenvalue weighted by atomic mass is 9.93. The fourth-order valence-corrected chi connectivity index (χ4v) is 12.2. The Balaban J connectivity index is 0.706. The summed E-state index contributed by atoms with van der Waals surface area (Å²) in [5.41, 5.74) is 13.9. The second-order valence-corrected chi connectivity index (χ2v) is 23.0. The van der Waals surface area contributed by atoms with Crippen LogP contribution in [0, 0.1) is 12.7 Å². The SMILES string of the molecule is COc1ccc(C2=N[C@@H](c3ccc(Cl)cc3)[C@@H](c3ccc(Cl)cc3)N2C(=O)N2CCN(CCCCCCCCC(=O)NCCn3nc4c(c3C)-c3cnc(N)c(c3)N3CCC[C@@H]3c3cc(F)ccc3C(=O)N(C)C4)C(=O)C2)c(OC(C)C)c1. The Morgan fingerprint density at radius 1 is 0.843 bits per heavy atom. The van der Waals surface area contributed by atoms with Gasteiger partial charge in [0, 0.05) is 90.9 Å². The van der Waals surface area contributed by atoms with Crippen molar-refractivity contribution in [2.45, 2.75) is 116 Å². The van der Waals surface area contributed by atoms with Crippen molar-refractivity contribution in [2.24, 2.45) is 4.99 Å². The zero-order chi connectivity index (χ0) is 58.5. The predicted molar refractivity (Wildman–Crippen MR) is 321 cm³/mol. The molecule has 436 valence electrons. The quantitative estimate of drug-likeness (QED) is 0.0785. The minimum Gasteiger partial charge on any atom is -0.497 e. The van der Waals surface area contributed by atoms with Gasteiger partial charge in [0.1, 0.15) is 41.6 Å². The Labute approximate surface area is 494 Å². The fraction of sp³-hybridized carbons (Fsp3) is 0.413. The molecule has 6 heterocycles. The maximum absolute atomic E-state index is 15.2. The van der Waals surface area contributed by atoms with E-state index in [2.05, 4.69) is 15.2 Å². The van der Waals surface area contributed by atoms with E-state index in [4.69, 9.17) is 48.5 Å². The van der Waals surface area contributed by atoms with Gasteiger partial charge in [0.25, 0.3) is 5.91 Å². The summed E-state index contributed by atoms with van der Waals surface area (Å²) >= 11 is 12.8. The molecule has 0 saturated carbocycles. The van der Waals surface area contributed by atoms with Crippen LogP contribution in [-0.2, 0) is 22.7 Å². The van der Waals surface area contributed by atoms with E-state index in [9.17, 15) is 18.8 Å². The number of piperazine rings is 1. The Morgan fingerprint density at radius 2 is 1.55 bits per heavy atom. The maximum Gasteiger partial charge on any atom is 0.326 e. The highest BCUT2D eigenvalue weighted by Gasteiger charge is 2.46. The molecule has 5 amide bonds. The number of ether oxygens (including phenoxy) is 2. The molecule has 2 fully saturated rings. The monoisotopic (exact) mass is 1170 g/mol. The molecule has 2 saturated heterocycles. The Morgan fingerprint density at radius 3 is 2.28 bits per heavy atom. The summed E-state index contributed by atoms with van der Waals surface area (Å²) in [6.45, 7) is 8.80. The Hall–Kier alpha value is -7.70. The van der Waals surface area contributed by atoms with Gasteiger partial charge in [0.2, 0.25) is 11.8 Å². The van der Waals surface area contributed by atoms with Crippen LogP contribution in [0.1, 0.15) is 134 Å². The maximum atomic E-state index is 15.2. The summed E-state index contributed by atoms with van der Waals surface area (Å²) in [5, 5.41) is 9.19. The van der Waals surface area contributed by atoms with Gasteiger partial charge < -0.3 is 40.1 Å². The lowest BCUT2D eigenvalue weighted by molar-refractivity contribution is -0.135. The van der Waals surface area contributed by atoms with Crippen molar-refractivity contribution >= 4 is 64.3 Å². The number of nitrogen functional groups attached to an aromatic ring is 1. The number of fused-ring (bicyclic) bond motifs is 8. The van der Waals surface area contributed by atoms with Crippen LogP contribution < -0.4 is 25.4 Å². The molecule has 3 N–H and O–H groups in total. The predicted octanol–water partition coefficient (Wildman–Crippen LogP) is 11.4. The van der Waals surface area contributed by atoms with E-state index in [1.165, 1.54) is 12.1 Å². The highest BCUT2D eigenvalue weighted by atomic mass is 35.5. The zero-order valence-corrected chi connectivity index (χ0v) is 49.3. The number of unbranched alkanes of at least 4 members (excludes halogenated alkanes) is 5. The van der Waals surface area contributed by atoms with Crippen molar-refractivity contribution in [3.8, 4) is 22.6 Å². The van der Waals surface area contributed by atoms with Crippen molar-refractivity contribution in [1.29, 1.82) is 0 Å². The summed E-state index contributed by atoms with van der Waals surface area (Å²) < 4.78 is 28.5. The molecular weight excluding hydrogens is 1100 g/mol. The summed E-state index contributed by atoms with van der Waals surface area (Å²) in [6, 6.07) is 25.1. The minimum absolute atomic E-state index is 0.0292. The molecule has 4 aliphatic rings. The fourth-order valence-electron chi connectivity index (χ4n) is 12.0. The number of amides is 5. The van der Waals surface area contributed by atoms with Gasteiger partial charge in [0.15, 0.2) is 0 Å². The van der Waals surface area contributed by atoms with Crippen LogP contribution in [0.4, 0.5) is 20.7 Å². The molecule has 4 aliphatic heterocycles. The summed E-state index contributed by atoms with van der Waals surface area (Å²) in [5.74, 6) is 1.12. The van der Waals surface area contributed by atoms with Crippen molar-refractivity contribution in [2.75, 3.05) is 64.1 Å². The average Bonchev–Trinajstić information content (AvgIpc) is 3.26. The lowest BCUT2D eigenvalue weighted by Gasteiger charge is -2.38. The van der Waals surface area contributed by atoms with Crippen LogP contribution >= 0.6 is 23.2 Å². The zero-order valence-electron chi connectivity index (χ0n) is 47.8. The Bertz CT molecular complexity index is 3390. The van der Waals surface area contributed by atoms with Crippen molar-refractivity contribution in [3.05, 3.63) is 152 Å². The smallest absolute Gasteiger partial charge is 0.326 e. The third-order valence-electron chi connectivity index (χ3n) is 16.2. The molecule has 10 rings (SSSR count). The van der Waals surface area contributed by atoms with E-state index < -0.39 is 17.9 Å². The number of aromatic nitrogens is 3. The van der Waals surface area contributed by atoms with E-state index in [0.717, 1.165) is 85.0 Å². The van der Waals surface area contributed by atoms with Crippen LogP contribution in [0.5, 0.6) is 11.5 Å². The number of nitrogens with one attached hydrogen (secondary N) is 1. The molecule has 83 heavy (non-hydrogen) atoms. The Kier molecular flexibility index (Phi) is 18.2. The molecule has 2 aromatic heterocycles. The number of rotatable bonds is 18. The number of amidine groups is 1. The number of anilines is 2. The molecule has 0 unspecified atom stereocenters. The first-order chi connectivity index (χ1) is 40.1. The van der Waals surface area contributed by atoms with E-state index in [-0.39, 0.29) is 49.0 Å². The number of pyridine rings is 1. The third-order valence-corrected chi connectivity index (χ3v) is 16.7. The van der Waals surface area contributed by atoms with Gasteiger partial charge in [-0.3, -0.25) is 29.0 Å². The van der Waals surface area contributed by atoms with Gasteiger partial charge in [0.05, 0.1) is 55.3 Å². The van der Waals surface area contributed by atoms with Crippen LogP contribution in [0.3, 0.4) is 0 Å². The lowest BCUT2D eigenvalue weighted by Crippen LogP contribution is -2.56. The van der Waals surface area contributed by atoms with Gasteiger partial charge in [-0.1, -0.05) is 73.2 Å². The number of methoxy groups -OCH3 is 1. The highest BCUT2D eigenvalue weighted by molar-refractivity contribution is 6.30. The average molecular weight is 1170 g/mol. The number of hydrogen-bond donors (Lipinski definition) is 2. The van der Waals surface area contributed by atoms with Crippen molar-refractivity contribution < 1.29 is 33.0 Å². The van der Waals surface area contributed by atoms with E-state index in [1.807, 2.05) is 85.0 Å². The van der Waals surface area contributed by atoms with Crippen LogP contribution in [0.2, 0.25) is 10.0 Å². The molecule has 0 spiro atoms. The first-order valence-electron chi connectivity index (χ1n) is 28.8. The van der Waals surface area contributed by atoms with Gasteiger partial charge in [-0.2, -0.15) is 5.10 Å². The van der Waals surface area contributed by atoms with Gasteiger partial charge in [-0.25, -0.2) is 14.2 Å². The van der Waals surface area contributed by atoms with E-state index in [0.29, 0.717) is 101 Å². The number of hydrogen-bond acceptors (Lipinski definition) is 11. The molecule has 2 bridgehead atoms. The number of nitrogens with zero attached hydrogens (tertiary/aromatic N) is 9. The van der Waals surface area contributed by atoms with E-state index >= 15 is 4.79 Å². The summed E-state index contributed by atoms with van der Waals surface area (Å²) in [6.07, 6.45) is 8.90. The summed E-state index contributed by atoms with van der Waals surface area (Å²) in [4.78, 5) is 75.0. The van der Waals surface area contributed by atoms with Crippen LogP contribution in [0.15, 0.2) is 102 Å². The molecule has 4 aromatic carbocycles. The van der Waals surface area contributed by atoms with Gasteiger partial charge in [-0.15, -0.1) is 0 Å². The standard InChI is InChI=1S/C63H72Cl2FN11O6/c1-39(2)83-54-35-47(82-5)24-26-49(54)61-70-58(41-15-19-44(64)20-16-41)59(42-17-21-45(65)22-18-42)77(61)63(81)74-32-31-73(56(79)38-74)28-11-9-7-6-8-10-14-55(78)68-27-30-76-40(3)57-43-33-53(60(67)69-36-43)75-29-12-13-52(75)50-34-46(66)23-25-48(50)62(80)72(4)37-51(57)71-76/h15-26,33-36,39,52,58-59H,6-14,27-32,37-38H2,1-5H3,(H2,67,69)(H,68,78)/t52-,58+,59-/m1/s1. The number of benzene rings is 4. The van der Waals surface area contributed by atoms with Crippen LogP contribution in [-0.4, -0.2) is 123 Å². The van der Waals surface area contributed by atoms with E-state index in [1.54, 1.807) is 59.3 Å². The molecule has 0 radical (unpaired) electrons. The number of carbonyl (C=O) groups is 4. The highest BCUT2D eigenvalue weighted by Crippen LogP contribution is 2.47. The van der Waals surface area contributed by atoms with Crippen LogP contribution in [0.25, 0.3) is 11.1 Å². The number of urea groups is 1. The molecule has 0 aliphatic carbocycles. The number of nitrogens with two attached hydrogens (primary N) is 1. The summed E-state index contributed by atoms with van der Waals surface area (Å²) in [7, 11) is 3.32. The number of aliphatic imine (C=N–C) groups is 1. The molecular formula is C63H72Cl2FN11O6. The topological polar surface area (TPSA) is 184 Å². The molecule has 3 atom stereocenters. The molecule has 17 nitrogen and oxygen atoms in total. The largest absolute Gasteiger partial charge is 0.497 e. The second kappa shape index (κ2) is 25.8. The second-order valence-electron chi connectivity index (χ2n) is 22.2. The molecule has 20 heteroatoms. The number of halogens is 3. The first kappa shape index (κ1) is 58.5. The van der Waals surface area contributed by atoms with Gasteiger partial charge in [-0.05, 0) is 124 Å². The van der Waals surface area contributed by atoms with Gasteiger partial charge >= 0.3 is 6.03 Å². The first-order valence-corrected chi connectivity index (χ1v) is 29.5. The third kappa shape index (κ3) is 12.9. The molecule has 6 aromatic rings. The van der Waals surface area contributed by atoms with Crippen molar-refractivity contribution in [3.63, 3.8) is 0 Å². The van der Waals surface area contributed by atoms with Crippen molar-refractivity contribution in [1.82, 2.24) is 39.7 Å². The minimum atomic E-state index is -0.599. The normalized spacial score (nSPS) is 17.9.